The van der Waals surface area contributed by atoms with Crippen LogP contribution in [0.15, 0.2) is 24.4 Å². The third-order valence-corrected chi connectivity index (χ3v) is 3.82. The molecule has 0 saturated carbocycles. The van der Waals surface area contributed by atoms with E-state index in [2.05, 4.69) is 15.5 Å². The highest BCUT2D eigenvalue weighted by atomic mass is 35.5. The molecule has 0 fully saturated rings. The summed E-state index contributed by atoms with van der Waals surface area (Å²) in [5.74, 6) is -0.345. The van der Waals surface area contributed by atoms with Gasteiger partial charge in [0.25, 0.3) is 5.91 Å². The second kappa shape index (κ2) is 4.89. The molecule has 3 aromatic rings. The predicted molar refractivity (Wildman–Crippen MR) is 80.8 cm³/mol. The van der Waals surface area contributed by atoms with E-state index in [0.717, 1.165) is 11.4 Å². The highest BCUT2D eigenvalue weighted by Crippen LogP contribution is 2.24. The maximum atomic E-state index is 12.4. The van der Waals surface area contributed by atoms with Crippen molar-refractivity contribution >= 4 is 28.7 Å². The van der Waals surface area contributed by atoms with Crippen LogP contribution in [0.3, 0.4) is 0 Å². The first-order valence-electron chi connectivity index (χ1n) is 6.43. The Balaban J connectivity index is 1.99. The monoisotopic (exact) mass is 303 g/mol. The number of aromatic nitrogens is 4. The van der Waals surface area contributed by atoms with E-state index in [0.29, 0.717) is 16.2 Å². The smallest absolute Gasteiger partial charge is 0.277 e. The SMILES string of the molecule is Cc1nn(C)c(C)c1NC(=O)c1nn2ccccc2c1Cl. The summed E-state index contributed by atoms with van der Waals surface area (Å²) >= 11 is 6.24. The molecular formula is C14H14ClN5O. The zero-order valence-corrected chi connectivity index (χ0v) is 12.6. The maximum Gasteiger partial charge on any atom is 0.277 e. The van der Waals surface area contributed by atoms with Crippen LogP contribution in [0.25, 0.3) is 5.52 Å². The predicted octanol–water partition coefficient (Wildman–Crippen LogP) is 2.59. The first kappa shape index (κ1) is 13.6. The molecule has 3 rings (SSSR count). The van der Waals surface area contributed by atoms with Crippen molar-refractivity contribution in [3.63, 3.8) is 0 Å². The zero-order chi connectivity index (χ0) is 15.1. The molecule has 0 spiro atoms. The Morgan fingerprint density at radius 3 is 2.67 bits per heavy atom. The minimum Gasteiger partial charge on any atom is -0.317 e. The number of halogens is 1. The van der Waals surface area contributed by atoms with E-state index in [1.165, 1.54) is 0 Å². The van der Waals surface area contributed by atoms with Crippen LogP contribution >= 0.6 is 11.6 Å². The summed E-state index contributed by atoms with van der Waals surface area (Å²) in [7, 11) is 1.83. The normalized spacial score (nSPS) is 11.0. The lowest BCUT2D eigenvalue weighted by Crippen LogP contribution is -2.14. The summed E-state index contributed by atoms with van der Waals surface area (Å²) in [4.78, 5) is 12.4. The van der Waals surface area contributed by atoms with Gasteiger partial charge in [0.05, 0.1) is 27.6 Å². The Kier molecular flexibility index (Phi) is 3.17. The highest BCUT2D eigenvalue weighted by Gasteiger charge is 2.20. The van der Waals surface area contributed by atoms with Gasteiger partial charge in [0.2, 0.25) is 0 Å². The number of nitrogens with one attached hydrogen (secondary N) is 1. The molecule has 0 atom stereocenters. The van der Waals surface area contributed by atoms with Gasteiger partial charge in [-0.25, -0.2) is 4.52 Å². The van der Waals surface area contributed by atoms with Crippen LogP contribution in [-0.4, -0.2) is 25.3 Å². The number of carbonyl (C=O) groups is 1. The molecule has 1 amide bonds. The molecule has 1 N–H and O–H groups in total. The summed E-state index contributed by atoms with van der Waals surface area (Å²) in [5, 5.41) is 11.7. The molecule has 0 aliphatic heterocycles. The molecule has 3 aromatic heterocycles. The fourth-order valence-corrected chi connectivity index (χ4v) is 2.51. The van der Waals surface area contributed by atoms with Crippen LogP contribution in [0.4, 0.5) is 5.69 Å². The fraction of sp³-hybridized carbons (Fsp3) is 0.214. The van der Waals surface area contributed by atoms with Crippen LogP contribution in [0.2, 0.25) is 5.02 Å². The van der Waals surface area contributed by atoms with E-state index in [1.807, 2.05) is 39.1 Å². The van der Waals surface area contributed by atoms with Gasteiger partial charge in [0, 0.05) is 13.2 Å². The molecule has 0 radical (unpaired) electrons. The Morgan fingerprint density at radius 1 is 1.29 bits per heavy atom. The first-order chi connectivity index (χ1) is 9.99. The van der Waals surface area contributed by atoms with Gasteiger partial charge < -0.3 is 5.32 Å². The van der Waals surface area contributed by atoms with Gasteiger partial charge in [-0.3, -0.25) is 9.48 Å². The second-order valence-corrected chi connectivity index (χ2v) is 5.19. The number of nitrogens with zero attached hydrogens (tertiary/aromatic N) is 4. The molecule has 108 valence electrons. The Hall–Kier alpha value is -2.34. The molecule has 3 heterocycles. The zero-order valence-electron chi connectivity index (χ0n) is 11.9. The summed E-state index contributed by atoms with van der Waals surface area (Å²) in [6, 6.07) is 5.49. The van der Waals surface area contributed by atoms with Gasteiger partial charge in [-0.15, -0.1) is 0 Å². The van der Waals surface area contributed by atoms with Crippen molar-refractivity contribution in [2.45, 2.75) is 13.8 Å². The molecular weight excluding hydrogens is 290 g/mol. The second-order valence-electron chi connectivity index (χ2n) is 4.82. The Morgan fingerprint density at radius 2 is 2.05 bits per heavy atom. The van der Waals surface area contributed by atoms with Crippen LogP contribution in [0.5, 0.6) is 0 Å². The number of carbonyl (C=O) groups excluding carboxylic acids is 1. The molecule has 0 unspecified atom stereocenters. The van der Waals surface area contributed by atoms with Crippen molar-refractivity contribution in [1.29, 1.82) is 0 Å². The van der Waals surface area contributed by atoms with E-state index in [4.69, 9.17) is 11.6 Å². The van der Waals surface area contributed by atoms with E-state index >= 15 is 0 Å². The Bertz CT molecular complexity index is 849. The van der Waals surface area contributed by atoms with Gasteiger partial charge in [0.15, 0.2) is 5.69 Å². The molecule has 0 bridgehead atoms. The van der Waals surface area contributed by atoms with Crippen molar-refractivity contribution in [2.24, 2.45) is 7.05 Å². The molecule has 21 heavy (non-hydrogen) atoms. The maximum absolute atomic E-state index is 12.4. The number of amides is 1. The molecule has 0 saturated heterocycles. The van der Waals surface area contributed by atoms with Crippen LogP contribution in [0, 0.1) is 13.8 Å². The van der Waals surface area contributed by atoms with Gasteiger partial charge in [-0.05, 0) is 26.0 Å². The minimum atomic E-state index is -0.345. The number of hydrogen-bond donors (Lipinski definition) is 1. The number of fused-ring (bicyclic) bond motifs is 1. The van der Waals surface area contributed by atoms with Crippen molar-refractivity contribution in [2.75, 3.05) is 5.32 Å². The van der Waals surface area contributed by atoms with E-state index < -0.39 is 0 Å². The van der Waals surface area contributed by atoms with Crippen molar-refractivity contribution < 1.29 is 4.79 Å². The topological polar surface area (TPSA) is 64.2 Å². The lowest BCUT2D eigenvalue weighted by molar-refractivity contribution is 0.102. The molecule has 0 aliphatic carbocycles. The third-order valence-electron chi connectivity index (χ3n) is 3.44. The lowest BCUT2D eigenvalue weighted by Gasteiger charge is -2.03. The average Bonchev–Trinajstić information content (AvgIpc) is 2.92. The summed E-state index contributed by atoms with van der Waals surface area (Å²) in [6.45, 7) is 3.73. The average molecular weight is 304 g/mol. The molecule has 7 heteroatoms. The molecule has 0 aromatic carbocycles. The standard InChI is InChI=1S/C14H14ClN5O/c1-8-12(9(2)19(3)17-8)16-14(21)13-11(15)10-6-4-5-7-20(10)18-13/h4-7H,1-3H3,(H,16,21). The van der Waals surface area contributed by atoms with Crippen molar-refractivity contribution in [3.05, 3.63) is 46.5 Å². The Labute approximate surface area is 126 Å². The number of rotatable bonds is 2. The number of aryl methyl sites for hydroxylation is 2. The largest absolute Gasteiger partial charge is 0.317 e. The quantitative estimate of drug-likeness (QED) is 0.791. The molecule has 6 nitrogen and oxygen atoms in total. The van der Waals surface area contributed by atoms with Gasteiger partial charge in [0.1, 0.15) is 0 Å². The van der Waals surface area contributed by atoms with Gasteiger partial charge in [-0.1, -0.05) is 17.7 Å². The van der Waals surface area contributed by atoms with E-state index in [9.17, 15) is 4.79 Å². The van der Waals surface area contributed by atoms with E-state index in [1.54, 1.807) is 15.4 Å². The number of pyridine rings is 1. The summed E-state index contributed by atoms with van der Waals surface area (Å²) in [5.41, 5.74) is 3.22. The lowest BCUT2D eigenvalue weighted by atomic mass is 10.3. The number of hydrogen-bond acceptors (Lipinski definition) is 3. The van der Waals surface area contributed by atoms with Crippen LogP contribution < -0.4 is 5.32 Å². The van der Waals surface area contributed by atoms with E-state index in [-0.39, 0.29) is 11.6 Å². The fourth-order valence-electron chi connectivity index (χ4n) is 2.24. The van der Waals surface area contributed by atoms with Crippen LogP contribution in [0.1, 0.15) is 21.9 Å². The third kappa shape index (κ3) is 2.17. The summed E-state index contributed by atoms with van der Waals surface area (Å²) in [6.07, 6.45) is 1.75. The first-order valence-corrected chi connectivity index (χ1v) is 6.81. The van der Waals surface area contributed by atoms with Gasteiger partial charge in [-0.2, -0.15) is 10.2 Å². The van der Waals surface area contributed by atoms with Gasteiger partial charge >= 0.3 is 0 Å². The number of anilines is 1. The van der Waals surface area contributed by atoms with Crippen molar-refractivity contribution in [3.8, 4) is 0 Å². The summed E-state index contributed by atoms with van der Waals surface area (Å²) < 4.78 is 3.30. The molecule has 0 aliphatic rings. The highest BCUT2D eigenvalue weighted by molar-refractivity contribution is 6.37. The van der Waals surface area contributed by atoms with Crippen LogP contribution in [-0.2, 0) is 7.05 Å². The van der Waals surface area contributed by atoms with Crippen molar-refractivity contribution in [1.82, 2.24) is 19.4 Å². The minimum absolute atomic E-state index is 0.200.